The highest BCUT2D eigenvalue weighted by Gasteiger charge is 2.11. The van der Waals surface area contributed by atoms with E-state index in [-0.39, 0.29) is 12.1 Å². The van der Waals surface area contributed by atoms with Crippen LogP contribution in [0.2, 0.25) is 0 Å². The molecule has 4 heteroatoms. The molecule has 0 saturated carbocycles. The van der Waals surface area contributed by atoms with Gasteiger partial charge in [0, 0.05) is 12.5 Å². The summed E-state index contributed by atoms with van der Waals surface area (Å²) in [6, 6.07) is 0.649. The Morgan fingerprint density at radius 3 is 2.43 bits per heavy atom. The highest BCUT2D eigenvalue weighted by Crippen LogP contribution is 2.07. The molecule has 78 valence electrons. The Morgan fingerprint density at radius 1 is 1.43 bits per heavy atom. The van der Waals surface area contributed by atoms with Gasteiger partial charge in [-0.15, -0.1) is 0 Å². The molecule has 1 aromatic heterocycles. The Morgan fingerprint density at radius 2 is 2.00 bits per heavy atom. The van der Waals surface area contributed by atoms with Gasteiger partial charge in [-0.25, -0.2) is 13.8 Å². The van der Waals surface area contributed by atoms with Crippen molar-refractivity contribution in [2.75, 3.05) is 0 Å². The number of ketones is 1. The van der Waals surface area contributed by atoms with Gasteiger partial charge in [-0.2, -0.15) is 0 Å². The molecule has 0 aromatic carbocycles. The highest BCUT2D eigenvalue weighted by molar-refractivity contribution is 5.94. The van der Waals surface area contributed by atoms with Crippen LogP contribution in [0.5, 0.6) is 0 Å². The van der Waals surface area contributed by atoms with Crippen LogP contribution in [-0.2, 0) is 0 Å². The molecular weight excluding hydrogens is 188 g/mol. The number of carbonyl (C=O) groups is 1. The number of rotatable bonds is 2. The summed E-state index contributed by atoms with van der Waals surface area (Å²) in [6.45, 7) is 5.59. The minimum atomic E-state index is -0.901. The predicted molar refractivity (Wildman–Crippen MR) is 50.1 cm³/mol. The van der Waals surface area contributed by atoms with Gasteiger partial charge in [-0.3, -0.25) is 4.79 Å². The van der Waals surface area contributed by atoms with Gasteiger partial charge in [0.15, 0.2) is 11.6 Å². The fraction of sp³-hybridized carbons (Fsp3) is 0.400. The van der Waals surface area contributed by atoms with Crippen molar-refractivity contribution in [2.45, 2.75) is 27.2 Å². The molecule has 0 aliphatic rings. The second-order valence-electron chi connectivity index (χ2n) is 2.26. The molecular formula is C10H13F2NO. The third kappa shape index (κ3) is 3.20. The van der Waals surface area contributed by atoms with Crippen LogP contribution >= 0.6 is 0 Å². The number of halogens is 2. The molecule has 14 heavy (non-hydrogen) atoms. The van der Waals surface area contributed by atoms with E-state index in [1.54, 1.807) is 6.92 Å². The SMILES string of the molecule is CC.CCC(=O)c1ncc(F)cc1F. The summed E-state index contributed by atoms with van der Waals surface area (Å²) in [5, 5.41) is 0. The Bertz CT molecular complexity index is 313. The summed E-state index contributed by atoms with van der Waals surface area (Å²) >= 11 is 0. The highest BCUT2D eigenvalue weighted by atomic mass is 19.1. The molecule has 1 rings (SSSR count). The van der Waals surface area contributed by atoms with Crippen LogP contribution in [0.25, 0.3) is 0 Å². The van der Waals surface area contributed by atoms with E-state index in [1.165, 1.54) is 0 Å². The van der Waals surface area contributed by atoms with E-state index in [9.17, 15) is 13.6 Å². The molecule has 2 nitrogen and oxygen atoms in total. The summed E-state index contributed by atoms with van der Waals surface area (Å²) in [4.78, 5) is 14.3. The topological polar surface area (TPSA) is 30.0 Å². The van der Waals surface area contributed by atoms with Gasteiger partial charge in [0.05, 0.1) is 6.20 Å². The van der Waals surface area contributed by atoms with Crippen LogP contribution in [0.1, 0.15) is 37.7 Å². The molecule has 0 aliphatic carbocycles. The largest absolute Gasteiger partial charge is 0.292 e. The van der Waals surface area contributed by atoms with Crippen molar-refractivity contribution in [3.8, 4) is 0 Å². The van der Waals surface area contributed by atoms with Crippen molar-refractivity contribution in [1.29, 1.82) is 0 Å². The molecule has 0 N–H and O–H groups in total. The normalized spacial score (nSPS) is 8.93. The van der Waals surface area contributed by atoms with E-state index in [1.807, 2.05) is 13.8 Å². The second-order valence-corrected chi connectivity index (χ2v) is 2.26. The third-order valence-corrected chi connectivity index (χ3v) is 1.39. The molecule has 1 aromatic rings. The number of Topliss-reactive ketones (excluding diaryl/α,β-unsaturated/α-hetero) is 1. The lowest BCUT2D eigenvalue weighted by molar-refractivity contribution is 0.0979. The van der Waals surface area contributed by atoms with Crippen LogP contribution in [0.4, 0.5) is 8.78 Å². The maximum atomic E-state index is 12.8. The summed E-state index contributed by atoms with van der Waals surface area (Å²) in [5.74, 6) is -2.10. The first-order valence-corrected chi connectivity index (χ1v) is 4.49. The fourth-order valence-corrected chi connectivity index (χ4v) is 0.787. The monoisotopic (exact) mass is 201 g/mol. The Balaban J connectivity index is 0.000000791. The van der Waals surface area contributed by atoms with E-state index in [0.717, 1.165) is 6.20 Å². The van der Waals surface area contributed by atoms with Crippen LogP contribution < -0.4 is 0 Å². The minimum absolute atomic E-state index is 0.162. The lowest BCUT2D eigenvalue weighted by atomic mass is 10.2. The van der Waals surface area contributed by atoms with Gasteiger partial charge in [0.1, 0.15) is 11.5 Å². The number of carbonyl (C=O) groups excluding carboxylic acids is 1. The maximum absolute atomic E-state index is 12.8. The number of aromatic nitrogens is 1. The van der Waals surface area contributed by atoms with E-state index in [2.05, 4.69) is 4.98 Å². The zero-order chi connectivity index (χ0) is 11.1. The minimum Gasteiger partial charge on any atom is -0.292 e. The van der Waals surface area contributed by atoms with Crippen molar-refractivity contribution in [3.63, 3.8) is 0 Å². The quantitative estimate of drug-likeness (QED) is 0.688. The molecule has 0 fully saturated rings. The van der Waals surface area contributed by atoms with Gasteiger partial charge in [0.2, 0.25) is 0 Å². The lowest BCUT2D eigenvalue weighted by Gasteiger charge is -1.97. The van der Waals surface area contributed by atoms with Crippen molar-refractivity contribution in [2.24, 2.45) is 0 Å². The Labute approximate surface area is 82.0 Å². The Kier molecular flexibility index (Phi) is 5.60. The van der Waals surface area contributed by atoms with Crippen LogP contribution in [-0.4, -0.2) is 10.8 Å². The van der Waals surface area contributed by atoms with Gasteiger partial charge in [-0.05, 0) is 0 Å². The van der Waals surface area contributed by atoms with Gasteiger partial charge < -0.3 is 0 Å². The van der Waals surface area contributed by atoms with Crippen LogP contribution in [0, 0.1) is 11.6 Å². The summed E-state index contributed by atoms with van der Waals surface area (Å²) in [5.41, 5.74) is -0.293. The van der Waals surface area contributed by atoms with E-state index >= 15 is 0 Å². The third-order valence-electron chi connectivity index (χ3n) is 1.39. The first-order valence-electron chi connectivity index (χ1n) is 4.49. The lowest BCUT2D eigenvalue weighted by Crippen LogP contribution is -2.04. The van der Waals surface area contributed by atoms with Crippen LogP contribution in [0.15, 0.2) is 12.3 Å². The smallest absolute Gasteiger partial charge is 0.183 e. The first kappa shape index (κ1) is 12.7. The summed E-state index contributed by atoms with van der Waals surface area (Å²) in [7, 11) is 0. The van der Waals surface area contributed by atoms with Crippen molar-refractivity contribution in [1.82, 2.24) is 4.98 Å². The molecule has 0 amide bonds. The fourth-order valence-electron chi connectivity index (χ4n) is 0.787. The predicted octanol–water partition coefficient (Wildman–Crippen LogP) is 2.98. The standard InChI is InChI=1S/C8H7F2NO.C2H6/c1-2-7(12)8-6(10)3-5(9)4-11-8;1-2/h3-4H,2H2,1H3;1-2H3. The second kappa shape index (κ2) is 6.18. The number of nitrogens with zero attached hydrogens (tertiary/aromatic N) is 1. The van der Waals surface area contributed by atoms with Gasteiger partial charge in [-0.1, -0.05) is 20.8 Å². The summed E-state index contributed by atoms with van der Waals surface area (Å²) in [6.07, 6.45) is 0.988. The van der Waals surface area contributed by atoms with Crippen molar-refractivity contribution < 1.29 is 13.6 Å². The maximum Gasteiger partial charge on any atom is 0.183 e. The van der Waals surface area contributed by atoms with Gasteiger partial charge in [0.25, 0.3) is 0 Å². The van der Waals surface area contributed by atoms with Gasteiger partial charge >= 0.3 is 0 Å². The van der Waals surface area contributed by atoms with Crippen molar-refractivity contribution >= 4 is 5.78 Å². The molecule has 0 unspecified atom stereocenters. The average Bonchev–Trinajstić information content (AvgIpc) is 2.20. The van der Waals surface area contributed by atoms with E-state index in [0.29, 0.717) is 6.07 Å². The Hall–Kier alpha value is -1.32. The molecule has 0 atom stereocenters. The van der Waals surface area contributed by atoms with E-state index in [4.69, 9.17) is 0 Å². The first-order chi connectivity index (χ1) is 6.65. The number of hydrogen-bond acceptors (Lipinski definition) is 2. The summed E-state index contributed by atoms with van der Waals surface area (Å²) < 4.78 is 25.1. The molecule has 1 heterocycles. The molecule has 0 bridgehead atoms. The average molecular weight is 201 g/mol. The number of hydrogen-bond donors (Lipinski definition) is 0. The number of pyridine rings is 1. The van der Waals surface area contributed by atoms with Crippen LogP contribution in [0.3, 0.4) is 0 Å². The zero-order valence-corrected chi connectivity index (χ0v) is 8.47. The molecule has 0 saturated heterocycles. The molecule has 0 radical (unpaired) electrons. The van der Waals surface area contributed by atoms with Crippen molar-refractivity contribution in [3.05, 3.63) is 29.6 Å². The molecule has 0 spiro atoms. The van der Waals surface area contributed by atoms with E-state index < -0.39 is 17.4 Å². The molecule has 0 aliphatic heterocycles. The zero-order valence-electron chi connectivity index (χ0n) is 8.47.